The van der Waals surface area contributed by atoms with E-state index in [0.29, 0.717) is 5.92 Å². The van der Waals surface area contributed by atoms with Crippen LogP contribution in [0.1, 0.15) is 27.7 Å². The van der Waals surface area contributed by atoms with Gasteiger partial charge < -0.3 is 4.74 Å². The van der Waals surface area contributed by atoms with Gasteiger partial charge >= 0.3 is 0 Å². The smallest absolute Gasteiger partial charge is 0.0694 e. The Hall–Kier alpha value is -0.300. The number of hydrogen-bond acceptors (Lipinski definition) is 1. The van der Waals surface area contributed by atoms with E-state index in [9.17, 15) is 0 Å². The van der Waals surface area contributed by atoms with Gasteiger partial charge in [0.25, 0.3) is 0 Å². The fraction of sp³-hybridized carbons (Fsp3) is 0.800. The lowest BCUT2D eigenvalue weighted by molar-refractivity contribution is 0.0205. The van der Waals surface area contributed by atoms with Crippen LogP contribution in [0.4, 0.5) is 0 Å². The first-order valence-electron chi connectivity index (χ1n) is 4.17. The molecule has 1 aliphatic rings. The molecule has 1 nitrogen and oxygen atoms in total. The van der Waals surface area contributed by atoms with E-state index >= 15 is 0 Å². The standard InChI is InChI=1S/C10H18O/c1-6-8-9(2,3)7-11-10(8,4)5/h6,8H,1,7H2,2-5H3. The molecule has 1 heterocycles. The van der Waals surface area contributed by atoms with Crippen LogP contribution in [0.25, 0.3) is 0 Å². The molecule has 1 fully saturated rings. The number of rotatable bonds is 1. The summed E-state index contributed by atoms with van der Waals surface area (Å²) in [4.78, 5) is 0. The van der Waals surface area contributed by atoms with Gasteiger partial charge in [0, 0.05) is 5.92 Å². The summed E-state index contributed by atoms with van der Waals surface area (Å²) in [5.74, 6) is 0.468. The van der Waals surface area contributed by atoms with Crippen LogP contribution in [0.3, 0.4) is 0 Å². The minimum absolute atomic E-state index is 0.0226. The van der Waals surface area contributed by atoms with E-state index in [-0.39, 0.29) is 11.0 Å². The Morgan fingerprint density at radius 1 is 1.36 bits per heavy atom. The van der Waals surface area contributed by atoms with Crippen LogP contribution in [0.5, 0.6) is 0 Å². The van der Waals surface area contributed by atoms with Gasteiger partial charge in [-0.2, -0.15) is 0 Å². The predicted octanol–water partition coefficient (Wildman–Crippen LogP) is 2.62. The van der Waals surface area contributed by atoms with Crippen molar-refractivity contribution in [3.8, 4) is 0 Å². The average molecular weight is 154 g/mol. The molecule has 0 N–H and O–H groups in total. The summed E-state index contributed by atoms with van der Waals surface area (Å²) in [7, 11) is 0. The average Bonchev–Trinajstić information content (AvgIpc) is 2.03. The topological polar surface area (TPSA) is 9.23 Å². The first-order chi connectivity index (χ1) is 4.90. The zero-order valence-corrected chi connectivity index (χ0v) is 7.98. The first kappa shape index (κ1) is 8.79. The van der Waals surface area contributed by atoms with Gasteiger partial charge in [-0.25, -0.2) is 0 Å². The molecule has 0 aromatic rings. The maximum atomic E-state index is 5.69. The van der Waals surface area contributed by atoms with E-state index < -0.39 is 0 Å². The Labute approximate surface area is 69.4 Å². The van der Waals surface area contributed by atoms with Crippen molar-refractivity contribution in [1.82, 2.24) is 0 Å². The Morgan fingerprint density at radius 2 is 1.91 bits per heavy atom. The van der Waals surface area contributed by atoms with E-state index in [1.165, 1.54) is 0 Å². The molecular formula is C10H18O. The van der Waals surface area contributed by atoms with Crippen molar-refractivity contribution in [2.24, 2.45) is 11.3 Å². The molecule has 11 heavy (non-hydrogen) atoms. The molecule has 0 amide bonds. The molecule has 0 spiro atoms. The molecular weight excluding hydrogens is 136 g/mol. The van der Waals surface area contributed by atoms with E-state index in [0.717, 1.165) is 6.61 Å². The summed E-state index contributed by atoms with van der Waals surface area (Å²) in [6.07, 6.45) is 2.02. The Morgan fingerprint density at radius 3 is 2.09 bits per heavy atom. The van der Waals surface area contributed by atoms with Crippen LogP contribution in [-0.4, -0.2) is 12.2 Å². The third-order valence-corrected chi connectivity index (χ3v) is 2.64. The molecule has 0 saturated carbocycles. The molecule has 1 aliphatic heterocycles. The fourth-order valence-electron chi connectivity index (χ4n) is 2.10. The van der Waals surface area contributed by atoms with Gasteiger partial charge in [-0.1, -0.05) is 19.9 Å². The maximum Gasteiger partial charge on any atom is 0.0694 e. The normalized spacial score (nSPS) is 33.6. The first-order valence-corrected chi connectivity index (χ1v) is 4.17. The van der Waals surface area contributed by atoms with Gasteiger partial charge in [-0.05, 0) is 19.3 Å². The molecule has 1 heteroatoms. The van der Waals surface area contributed by atoms with Crippen LogP contribution >= 0.6 is 0 Å². The zero-order valence-electron chi connectivity index (χ0n) is 7.98. The molecule has 1 atom stereocenters. The SMILES string of the molecule is C=CC1C(C)(C)COC1(C)C. The summed E-state index contributed by atoms with van der Waals surface area (Å²) < 4.78 is 5.69. The van der Waals surface area contributed by atoms with Crippen molar-refractivity contribution < 1.29 is 4.74 Å². The van der Waals surface area contributed by atoms with Crippen LogP contribution in [0.15, 0.2) is 12.7 Å². The third-order valence-electron chi connectivity index (χ3n) is 2.64. The quantitative estimate of drug-likeness (QED) is 0.527. The molecule has 64 valence electrons. The van der Waals surface area contributed by atoms with Crippen molar-refractivity contribution >= 4 is 0 Å². The Balaban J connectivity index is 2.88. The van der Waals surface area contributed by atoms with E-state index in [1.807, 2.05) is 6.08 Å². The Kier molecular flexibility index (Phi) is 1.87. The molecule has 0 radical (unpaired) electrons. The van der Waals surface area contributed by atoms with E-state index in [1.54, 1.807) is 0 Å². The van der Waals surface area contributed by atoms with Gasteiger partial charge in [0.15, 0.2) is 0 Å². The molecule has 0 aromatic heterocycles. The van der Waals surface area contributed by atoms with Crippen LogP contribution in [-0.2, 0) is 4.74 Å². The highest BCUT2D eigenvalue weighted by atomic mass is 16.5. The van der Waals surface area contributed by atoms with Crippen molar-refractivity contribution in [2.75, 3.05) is 6.61 Å². The van der Waals surface area contributed by atoms with E-state index in [4.69, 9.17) is 4.74 Å². The largest absolute Gasteiger partial charge is 0.374 e. The van der Waals surface area contributed by atoms with Crippen molar-refractivity contribution in [1.29, 1.82) is 0 Å². The van der Waals surface area contributed by atoms with Crippen LogP contribution in [0, 0.1) is 11.3 Å². The summed E-state index contributed by atoms with van der Waals surface area (Å²) in [6, 6.07) is 0. The molecule has 0 bridgehead atoms. The summed E-state index contributed by atoms with van der Waals surface area (Å²) in [5.41, 5.74) is 0.233. The lowest BCUT2D eigenvalue weighted by Crippen LogP contribution is -2.31. The van der Waals surface area contributed by atoms with E-state index in [2.05, 4.69) is 34.3 Å². The van der Waals surface area contributed by atoms with Gasteiger partial charge in [0.2, 0.25) is 0 Å². The second kappa shape index (κ2) is 2.34. The minimum atomic E-state index is -0.0226. The predicted molar refractivity (Wildman–Crippen MR) is 47.5 cm³/mol. The van der Waals surface area contributed by atoms with Gasteiger partial charge in [0.05, 0.1) is 12.2 Å². The van der Waals surface area contributed by atoms with Crippen molar-refractivity contribution in [3.05, 3.63) is 12.7 Å². The monoisotopic (exact) mass is 154 g/mol. The highest BCUT2D eigenvalue weighted by molar-refractivity contribution is 5.04. The number of hydrogen-bond donors (Lipinski definition) is 0. The van der Waals surface area contributed by atoms with Gasteiger partial charge in [0.1, 0.15) is 0 Å². The third kappa shape index (κ3) is 1.34. The van der Waals surface area contributed by atoms with Crippen LogP contribution < -0.4 is 0 Å². The summed E-state index contributed by atoms with van der Waals surface area (Å²) in [5, 5.41) is 0. The molecule has 1 unspecified atom stereocenters. The molecule has 1 rings (SSSR count). The summed E-state index contributed by atoms with van der Waals surface area (Å²) >= 11 is 0. The molecule has 0 aliphatic carbocycles. The highest BCUT2D eigenvalue weighted by Gasteiger charge is 2.46. The van der Waals surface area contributed by atoms with Crippen molar-refractivity contribution in [2.45, 2.75) is 33.3 Å². The highest BCUT2D eigenvalue weighted by Crippen LogP contribution is 2.44. The number of ether oxygens (including phenoxy) is 1. The second-order valence-electron chi connectivity index (χ2n) is 4.59. The zero-order chi connectivity index (χ0) is 8.70. The Bertz CT molecular complexity index is 152. The van der Waals surface area contributed by atoms with Crippen LogP contribution in [0.2, 0.25) is 0 Å². The molecule has 1 saturated heterocycles. The maximum absolute atomic E-state index is 5.69. The fourth-order valence-corrected chi connectivity index (χ4v) is 2.10. The van der Waals surface area contributed by atoms with Gasteiger partial charge in [-0.3, -0.25) is 0 Å². The minimum Gasteiger partial charge on any atom is -0.374 e. The summed E-state index contributed by atoms with van der Waals surface area (Å²) in [6.45, 7) is 13.4. The van der Waals surface area contributed by atoms with Gasteiger partial charge in [-0.15, -0.1) is 6.58 Å². The molecule has 0 aromatic carbocycles. The lowest BCUT2D eigenvalue weighted by Gasteiger charge is -2.29. The van der Waals surface area contributed by atoms with Crippen molar-refractivity contribution in [3.63, 3.8) is 0 Å². The second-order valence-corrected chi connectivity index (χ2v) is 4.59. The lowest BCUT2D eigenvalue weighted by atomic mass is 9.74.